The van der Waals surface area contributed by atoms with Crippen LogP contribution < -0.4 is 0 Å². The van der Waals surface area contributed by atoms with Gasteiger partial charge in [0.05, 0.1) is 24.1 Å². The van der Waals surface area contributed by atoms with Crippen molar-refractivity contribution in [2.45, 2.75) is 29.8 Å². The molecule has 2 fully saturated rings. The highest BCUT2D eigenvalue weighted by Crippen LogP contribution is 2.36. The zero-order chi connectivity index (χ0) is 14.4. The lowest BCUT2D eigenvalue weighted by Crippen LogP contribution is -2.50. The zero-order valence-corrected chi connectivity index (χ0v) is 13.5. The Morgan fingerprint density at radius 2 is 2.10 bits per heavy atom. The summed E-state index contributed by atoms with van der Waals surface area (Å²) in [5.74, 6) is -0.749. The minimum absolute atomic E-state index is 0.254. The molecule has 2 aliphatic heterocycles. The van der Waals surface area contributed by atoms with Crippen molar-refractivity contribution in [1.82, 2.24) is 4.31 Å². The van der Waals surface area contributed by atoms with Gasteiger partial charge in [0, 0.05) is 13.0 Å². The van der Waals surface area contributed by atoms with E-state index >= 15 is 0 Å². The Morgan fingerprint density at radius 3 is 2.70 bits per heavy atom. The Hall–Kier alpha value is -0.180. The van der Waals surface area contributed by atoms with E-state index in [2.05, 4.69) is 0 Å². The summed E-state index contributed by atoms with van der Waals surface area (Å²) < 4.78 is 38.8. The van der Waals surface area contributed by atoms with Crippen LogP contribution in [0.25, 0.3) is 0 Å². The third kappa shape index (κ3) is 2.51. The van der Waals surface area contributed by atoms with Gasteiger partial charge in [-0.15, -0.1) is 11.3 Å². The van der Waals surface area contributed by atoms with Gasteiger partial charge in [0.25, 0.3) is 10.0 Å². The Bertz CT molecular complexity index is 587. The standard InChI is InChI=1S/C12H16ClNO4S2/c1-9-7-10(19-11(9)13)20(15,16)14-4-2-3-12(8-14)17-5-6-18-12/h7H,2-6,8H2,1H3. The number of rotatable bonds is 2. The van der Waals surface area contributed by atoms with Crippen molar-refractivity contribution >= 4 is 33.0 Å². The van der Waals surface area contributed by atoms with Crippen LogP contribution >= 0.6 is 22.9 Å². The summed E-state index contributed by atoms with van der Waals surface area (Å²) in [7, 11) is -3.52. The summed E-state index contributed by atoms with van der Waals surface area (Å²) in [6, 6.07) is 1.62. The van der Waals surface area contributed by atoms with E-state index in [9.17, 15) is 8.42 Å². The molecule has 1 aromatic heterocycles. The minimum atomic E-state index is -3.52. The number of hydrogen-bond donors (Lipinski definition) is 0. The fraction of sp³-hybridized carbons (Fsp3) is 0.667. The van der Waals surface area contributed by atoms with Crippen LogP contribution in [0.2, 0.25) is 4.34 Å². The van der Waals surface area contributed by atoms with Gasteiger partial charge < -0.3 is 9.47 Å². The van der Waals surface area contributed by atoms with E-state index in [0.29, 0.717) is 24.1 Å². The second kappa shape index (κ2) is 5.23. The maximum atomic E-state index is 12.7. The first-order valence-corrected chi connectivity index (χ1v) is 9.10. The van der Waals surface area contributed by atoms with E-state index < -0.39 is 15.8 Å². The highest BCUT2D eigenvalue weighted by atomic mass is 35.5. The van der Waals surface area contributed by atoms with E-state index in [0.717, 1.165) is 29.7 Å². The molecule has 1 spiro atoms. The van der Waals surface area contributed by atoms with Gasteiger partial charge >= 0.3 is 0 Å². The van der Waals surface area contributed by atoms with Crippen molar-refractivity contribution in [2.24, 2.45) is 0 Å². The van der Waals surface area contributed by atoms with Gasteiger partial charge in [0.1, 0.15) is 4.21 Å². The molecule has 112 valence electrons. The quantitative estimate of drug-likeness (QED) is 0.830. The van der Waals surface area contributed by atoms with Crippen LogP contribution in [0.4, 0.5) is 0 Å². The molecule has 3 heterocycles. The Balaban J connectivity index is 1.87. The highest BCUT2D eigenvalue weighted by Gasteiger charge is 2.44. The van der Waals surface area contributed by atoms with E-state index in [4.69, 9.17) is 21.1 Å². The number of hydrogen-bond acceptors (Lipinski definition) is 5. The van der Waals surface area contributed by atoms with E-state index in [1.54, 1.807) is 13.0 Å². The molecule has 20 heavy (non-hydrogen) atoms. The Morgan fingerprint density at radius 1 is 1.40 bits per heavy atom. The number of piperidine rings is 1. The van der Waals surface area contributed by atoms with Crippen molar-refractivity contribution in [1.29, 1.82) is 0 Å². The maximum absolute atomic E-state index is 12.7. The summed E-state index contributed by atoms with van der Waals surface area (Å²) in [5, 5.41) is 0. The average molecular weight is 338 g/mol. The second-order valence-corrected chi connectivity index (χ2v) is 8.89. The summed E-state index contributed by atoms with van der Waals surface area (Å²) in [5.41, 5.74) is 0.787. The Kier molecular flexibility index (Phi) is 3.85. The van der Waals surface area contributed by atoms with Crippen molar-refractivity contribution in [2.75, 3.05) is 26.3 Å². The molecule has 2 aliphatic rings. The van der Waals surface area contributed by atoms with Crippen LogP contribution in [0.3, 0.4) is 0 Å². The minimum Gasteiger partial charge on any atom is -0.346 e. The average Bonchev–Trinajstić information content (AvgIpc) is 2.98. The summed E-state index contributed by atoms with van der Waals surface area (Å²) in [6.07, 6.45) is 1.47. The van der Waals surface area contributed by atoms with Crippen LogP contribution in [0.5, 0.6) is 0 Å². The predicted octanol–water partition coefficient (Wildman–Crippen LogP) is 2.24. The number of ether oxygens (including phenoxy) is 2. The number of nitrogens with zero attached hydrogens (tertiary/aromatic N) is 1. The molecule has 0 unspecified atom stereocenters. The first-order chi connectivity index (χ1) is 9.43. The molecule has 0 amide bonds. The zero-order valence-electron chi connectivity index (χ0n) is 11.1. The molecule has 3 rings (SSSR count). The summed E-state index contributed by atoms with van der Waals surface area (Å²) >= 11 is 7.08. The Labute approximate surface area is 127 Å². The summed E-state index contributed by atoms with van der Waals surface area (Å²) in [6.45, 7) is 3.60. The van der Waals surface area contributed by atoms with Gasteiger partial charge in [0.15, 0.2) is 5.79 Å². The molecule has 0 atom stereocenters. The largest absolute Gasteiger partial charge is 0.346 e. The fourth-order valence-corrected chi connectivity index (χ4v) is 5.95. The van der Waals surface area contributed by atoms with Crippen LogP contribution in [0, 0.1) is 6.92 Å². The first-order valence-electron chi connectivity index (χ1n) is 6.47. The lowest BCUT2D eigenvalue weighted by molar-refractivity contribution is -0.179. The third-order valence-electron chi connectivity index (χ3n) is 3.62. The smallest absolute Gasteiger partial charge is 0.252 e. The molecule has 1 aromatic rings. The normalized spacial score (nSPS) is 23.5. The number of thiophene rings is 1. The SMILES string of the molecule is Cc1cc(S(=O)(=O)N2CCCC3(C2)OCCO3)sc1Cl. The topological polar surface area (TPSA) is 55.8 Å². The molecule has 0 radical (unpaired) electrons. The molecule has 0 saturated carbocycles. The highest BCUT2D eigenvalue weighted by molar-refractivity contribution is 7.91. The fourth-order valence-electron chi connectivity index (χ4n) is 2.58. The third-order valence-corrected chi connectivity index (χ3v) is 7.47. The molecule has 0 aromatic carbocycles. The number of aryl methyl sites for hydroxylation is 1. The molecule has 5 nitrogen and oxygen atoms in total. The molecular weight excluding hydrogens is 322 g/mol. The van der Waals surface area contributed by atoms with E-state index in [1.807, 2.05) is 0 Å². The second-order valence-electron chi connectivity index (χ2n) is 5.07. The molecule has 0 N–H and O–H groups in total. The van der Waals surface area contributed by atoms with E-state index in [-0.39, 0.29) is 10.8 Å². The summed E-state index contributed by atoms with van der Waals surface area (Å²) in [4.78, 5) is 0. The molecule has 8 heteroatoms. The van der Waals surface area contributed by atoms with Crippen molar-refractivity contribution in [3.05, 3.63) is 16.0 Å². The first kappa shape index (κ1) is 14.7. The maximum Gasteiger partial charge on any atom is 0.252 e. The van der Waals surface area contributed by atoms with Gasteiger partial charge in [-0.25, -0.2) is 8.42 Å². The molecule has 0 aliphatic carbocycles. The number of sulfonamides is 1. The molecular formula is C12H16ClNO4S2. The molecule has 2 saturated heterocycles. The van der Waals surface area contributed by atoms with Crippen LogP contribution in [0.1, 0.15) is 18.4 Å². The van der Waals surface area contributed by atoms with Gasteiger partial charge in [0.2, 0.25) is 0 Å². The van der Waals surface area contributed by atoms with Gasteiger partial charge in [-0.05, 0) is 25.0 Å². The lowest BCUT2D eigenvalue weighted by Gasteiger charge is -2.37. The lowest BCUT2D eigenvalue weighted by atomic mass is 10.1. The van der Waals surface area contributed by atoms with Crippen LogP contribution in [-0.4, -0.2) is 44.8 Å². The van der Waals surface area contributed by atoms with Gasteiger partial charge in [-0.2, -0.15) is 4.31 Å². The van der Waals surface area contributed by atoms with Gasteiger partial charge in [-0.3, -0.25) is 0 Å². The van der Waals surface area contributed by atoms with Gasteiger partial charge in [-0.1, -0.05) is 11.6 Å². The van der Waals surface area contributed by atoms with Crippen molar-refractivity contribution < 1.29 is 17.9 Å². The molecule has 0 bridgehead atoms. The number of halogens is 1. The van der Waals surface area contributed by atoms with Crippen LogP contribution in [0.15, 0.2) is 10.3 Å². The van der Waals surface area contributed by atoms with Crippen LogP contribution in [-0.2, 0) is 19.5 Å². The van der Waals surface area contributed by atoms with Crippen molar-refractivity contribution in [3.8, 4) is 0 Å². The van der Waals surface area contributed by atoms with Crippen molar-refractivity contribution in [3.63, 3.8) is 0 Å². The predicted molar refractivity (Wildman–Crippen MR) is 76.7 cm³/mol. The van der Waals surface area contributed by atoms with E-state index in [1.165, 1.54) is 4.31 Å². The monoisotopic (exact) mass is 337 g/mol.